The van der Waals surface area contributed by atoms with Gasteiger partial charge in [0.05, 0.1) is 11.0 Å². The molecular formula is C16H23N3O4S2. The molecule has 1 fully saturated rings. The maximum atomic E-state index is 12.3. The van der Waals surface area contributed by atoms with Crippen molar-refractivity contribution in [2.24, 2.45) is 5.92 Å². The van der Waals surface area contributed by atoms with Crippen LogP contribution in [-0.2, 0) is 19.6 Å². The Hall–Kier alpha value is -1.55. The highest BCUT2D eigenvalue weighted by Crippen LogP contribution is 2.16. The third-order valence-corrected chi connectivity index (χ3v) is 5.35. The lowest BCUT2D eigenvalue weighted by Gasteiger charge is -2.13. The summed E-state index contributed by atoms with van der Waals surface area (Å²) in [5.41, 5.74) is 0.590. The van der Waals surface area contributed by atoms with Crippen LogP contribution in [-0.4, -0.2) is 38.7 Å². The van der Waals surface area contributed by atoms with E-state index in [0.717, 1.165) is 12.8 Å². The van der Waals surface area contributed by atoms with Crippen molar-refractivity contribution in [1.82, 2.24) is 10.0 Å². The average molecular weight is 386 g/mol. The zero-order chi connectivity index (χ0) is 18.4. The zero-order valence-electron chi connectivity index (χ0n) is 14.2. The minimum absolute atomic E-state index is 0.0577. The van der Waals surface area contributed by atoms with Gasteiger partial charge in [-0.15, -0.1) is 0 Å². The molecule has 9 heteroatoms. The van der Waals surface area contributed by atoms with Crippen LogP contribution in [0, 0.1) is 5.92 Å². The molecule has 1 aromatic rings. The molecule has 1 saturated heterocycles. The van der Waals surface area contributed by atoms with Gasteiger partial charge in [0.2, 0.25) is 15.9 Å². The van der Waals surface area contributed by atoms with E-state index < -0.39 is 10.0 Å². The number of thiocarbonyl (C=S) groups is 1. The van der Waals surface area contributed by atoms with Crippen LogP contribution in [0.15, 0.2) is 29.2 Å². The Balaban J connectivity index is 1.91. The van der Waals surface area contributed by atoms with E-state index in [1.54, 1.807) is 26.0 Å². The van der Waals surface area contributed by atoms with Crippen LogP contribution in [0.3, 0.4) is 0 Å². The van der Waals surface area contributed by atoms with Crippen molar-refractivity contribution < 1.29 is 17.9 Å². The maximum absolute atomic E-state index is 12.3. The highest BCUT2D eigenvalue weighted by atomic mass is 32.2. The Labute approximate surface area is 153 Å². The van der Waals surface area contributed by atoms with Crippen molar-refractivity contribution in [3.05, 3.63) is 24.3 Å². The average Bonchev–Trinajstić information content (AvgIpc) is 3.07. The Morgan fingerprint density at radius 2 is 2.00 bits per heavy atom. The zero-order valence-corrected chi connectivity index (χ0v) is 15.9. The molecule has 2 rings (SSSR count). The number of hydrogen-bond donors (Lipinski definition) is 3. The summed E-state index contributed by atoms with van der Waals surface area (Å²) in [7, 11) is -3.58. The molecule has 0 spiro atoms. The van der Waals surface area contributed by atoms with E-state index in [0.29, 0.717) is 12.3 Å². The van der Waals surface area contributed by atoms with E-state index in [1.165, 1.54) is 12.1 Å². The number of rotatable bonds is 6. The molecule has 1 amide bonds. The summed E-state index contributed by atoms with van der Waals surface area (Å²) in [4.78, 5) is 11.7. The Morgan fingerprint density at radius 3 is 2.56 bits per heavy atom. The van der Waals surface area contributed by atoms with E-state index in [9.17, 15) is 13.2 Å². The van der Waals surface area contributed by atoms with Crippen molar-refractivity contribution in [2.45, 2.75) is 37.7 Å². The van der Waals surface area contributed by atoms with Gasteiger partial charge in [0.25, 0.3) is 0 Å². The fourth-order valence-corrected chi connectivity index (χ4v) is 3.51. The van der Waals surface area contributed by atoms with Gasteiger partial charge >= 0.3 is 0 Å². The molecule has 1 aromatic carbocycles. The number of amides is 1. The molecule has 0 bridgehead atoms. The van der Waals surface area contributed by atoms with Gasteiger partial charge < -0.3 is 15.4 Å². The lowest BCUT2D eigenvalue weighted by atomic mass is 10.2. The monoisotopic (exact) mass is 385 g/mol. The highest BCUT2D eigenvalue weighted by molar-refractivity contribution is 7.89. The standard InChI is InChI=1S/C16H23N3O4S2/c1-11(2)15(20)19-16(24)18-12-5-7-14(8-6-12)25(21,22)17-10-13-4-3-9-23-13/h5-8,11,13,17H,3-4,9-10H2,1-2H3,(H2,18,19,20,24). The predicted octanol–water partition coefficient (Wildman–Crippen LogP) is 1.61. The van der Waals surface area contributed by atoms with E-state index in [2.05, 4.69) is 15.4 Å². The van der Waals surface area contributed by atoms with Gasteiger partial charge in [0.15, 0.2) is 5.11 Å². The van der Waals surface area contributed by atoms with Crippen molar-refractivity contribution in [1.29, 1.82) is 0 Å². The third-order valence-electron chi connectivity index (χ3n) is 3.71. The van der Waals surface area contributed by atoms with Crippen LogP contribution < -0.4 is 15.4 Å². The molecule has 7 nitrogen and oxygen atoms in total. The Kier molecular flexibility index (Phi) is 6.88. The molecule has 0 aromatic heterocycles. The second kappa shape index (κ2) is 8.70. The number of carbonyl (C=O) groups excluding carboxylic acids is 1. The predicted molar refractivity (Wildman–Crippen MR) is 99.8 cm³/mol. The summed E-state index contributed by atoms with van der Waals surface area (Å²) < 4.78 is 32.5. The smallest absolute Gasteiger partial charge is 0.240 e. The molecule has 1 unspecified atom stereocenters. The molecule has 0 saturated carbocycles. The molecule has 25 heavy (non-hydrogen) atoms. The number of sulfonamides is 1. The number of benzene rings is 1. The summed E-state index contributed by atoms with van der Waals surface area (Å²) in [6, 6.07) is 6.14. The van der Waals surface area contributed by atoms with Gasteiger partial charge in [-0.25, -0.2) is 13.1 Å². The van der Waals surface area contributed by atoms with Crippen molar-refractivity contribution >= 4 is 38.9 Å². The van der Waals surface area contributed by atoms with E-state index in [4.69, 9.17) is 17.0 Å². The minimum Gasteiger partial charge on any atom is -0.377 e. The number of anilines is 1. The minimum atomic E-state index is -3.58. The summed E-state index contributed by atoms with van der Waals surface area (Å²) in [5.74, 6) is -0.364. The summed E-state index contributed by atoms with van der Waals surface area (Å²) >= 11 is 5.05. The van der Waals surface area contributed by atoms with Crippen molar-refractivity contribution in [3.63, 3.8) is 0 Å². The van der Waals surface area contributed by atoms with Crippen molar-refractivity contribution in [3.8, 4) is 0 Å². The quantitative estimate of drug-likeness (QED) is 0.644. The largest absolute Gasteiger partial charge is 0.377 e. The first-order valence-corrected chi connectivity index (χ1v) is 10.0. The Morgan fingerprint density at radius 1 is 1.32 bits per heavy atom. The van der Waals surface area contributed by atoms with Gasteiger partial charge in [0, 0.05) is 24.8 Å². The van der Waals surface area contributed by atoms with Gasteiger partial charge in [-0.05, 0) is 49.3 Å². The summed E-state index contributed by atoms with van der Waals surface area (Å²) in [6.45, 7) is 4.48. The number of carbonyl (C=O) groups is 1. The summed E-state index contributed by atoms with van der Waals surface area (Å²) in [5, 5.41) is 5.58. The number of ether oxygens (including phenoxy) is 1. The second-order valence-corrected chi connectivity index (χ2v) is 8.28. The Bertz CT molecular complexity index is 711. The highest BCUT2D eigenvalue weighted by Gasteiger charge is 2.20. The summed E-state index contributed by atoms with van der Waals surface area (Å²) in [6.07, 6.45) is 1.77. The molecule has 3 N–H and O–H groups in total. The molecule has 0 radical (unpaired) electrons. The first-order valence-electron chi connectivity index (χ1n) is 8.11. The maximum Gasteiger partial charge on any atom is 0.240 e. The third kappa shape index (κ3) is 6.03. The number of nitrogens with one attached hydrogen (secondary N) is 3. The molecular weight excluding hydrogens is 362 g/mol. The second-order valence-electron chi connectivity index (χ2n) is 6.11. The first-order chi connectivity index (χ1) is 11.8. The fourth-order valence-electron chi connectivity index (χ4n) is 2.23. The van der Waals surface area contributed by atoms with Crippen LogP contribution in [0.1, 0.15) is 26.7 Å². The van der Waals surface area contributed by atoms with Crippen LogP contribution >= 0.6 is 12.2 Å². The van der Waals surface area contributed by atoms with E-state index in [-0.39, 0.29) is 34.5 Å². The van der Waals surface area contributed by atoms with Gasteiger partial charge in [-0.1, -0.05) is 13.8 Å². The molecule has 1 atom stereocenters. The van der Waals surface area contributed by atoms with Crippen LogP contribution in [0.4, 0.5) is 5.69 Å². The topological polar surface area (TPSA) is 96.5 Å². The van der Waals surface area contributed by atoms with Gasteiger partial charge in [-0.3, -0.25) is 4.79 Å². The van der Waals surface area contributed by atoms with Crippen LogP contribution in [0.25, 0.3) is 0 Å². The van der Waals surface area contributed by atoms with E-state index in [1.807, 2.05) is 0 Å². The lowest BCUT2D eigenvalue weighted by molar-refractivity contribution is -0.122. The fraction of sp³-hybridized carbons (Fsp3) is 0.500. The molecule has 1 aliphatic heterocycles. The lowest BCUT2D eigenvalue weighted by Crippen LogP contribution is -2.36. The molecule has 138 valence electrons. The van der Waals surface area contributed by atoms with Crippen molar-refractivity contribution in [2.75, 3.05) is 18.5 Å². The van der Waals surface area contributed by atoms with Gasteiger partial charge in [0.1, 0.15) is 0 Å². The van der Waals surface area contributed by atoms with Gasteiger partial charge in [-0.2, -0.15) is 0 Å². The molecule has 1 heterocycles. The van der Waals surface area contributed by atoms with Crippen LogP contribution in [0.2, 0.25) is 0 Å². The number of hydrogen-bond acceptors (Lipinski definition) is 5. The first kappa shape index (κ1) is 19.8. The van der Waals surface area contributed by atoms with Crippen LogP contribution in [0.5, 0.6) is 0 Å². The van der Waals surface area contributed by atoms with E-state index >= 15 is 0 Å². The SMILES string of the molecule is CC(C)C(=O)NC(=S)Nc1ccc(S(=O)(=O)NCC2CCCO2)cc1. The molecule has 1 aliphatic rings. The molecule has 0 aliphatic carbocycles. The normalized spacial score (nSPS) is 17.5.